The highest BCUT2D eigenvalue weighted by Gasteiger charge is 2.03. The van der Waals surface area contributed by atoms with Gasteiger partial charge in [-0.3, -0.25) is 0 Å². The van der Waals surface area contributed by atoms with Crippen molar-refractivity contribution in [3.63, 3.8) is 0 Å². The molecule has 0 aliphatic heterocycles. The first-order chi connectivity index (χ1) is 10.2. The molecule has 0 saturated carbocycles. The summed E-state index contributed by atoms with van der Waals surface area (Å²) in [6, 6.07) is 16.2. The topological polar surface area (TPSA) is 29.9 Å². The lowest BCUT2D eigenvalue weighted by Crippen LogP contribution is -1.99. The van der Waals surface area contributed by atoms with Crippen molar-refractivity contribution in [2.24, 2.45) is 0 Å². The second-order valence-electron chi connectivity index (χ2n) is 4.61. The summed E-state index contributed by atoms with van der Waals surface area (Å²) in [6.07, 6.45) is 3.92. The predicted octanol–water partition coefficient (Wildman–Crippen LogP) is 5.01. The van der Waals surface area contributed by atoms with Gasteiger partial charge < -0.3 is 5.32 Å². The number of rotatable bonds is 4. The van der Waals surface area contributed by atoms with Gasteiger partial charge in [0.2, 0.25) is 0 Å². The molecular weight excluding hydrogens is 394 g/mol. The van der Waals surface area contributed by atoms with E-state index in [0.717, 1.165) is 32.4 Å². The summed E-state index contributed by atoms with van der Waals surface area (Å²) in [6.45, 7) is 0.724. The van der Waals surface area contributed by atoms with Crippen molar-refractivity contribution in [3.05, 3.63) is 75.4 Å². The molecule has 0 fully saturated rings. The third-order valence-electron chi connectivity index (χ3n) is 3.07. The Hall–Kier alpha value is -1.59. The van der Waals surface area contributed by atoms with Gasteiger partial charge in [-0.2, -0.15) is 5.10 Å². The number of hydrogen-bond donors (Lipinski definition) is 1. The smallest absolute Gasteiger partial charge is 0.0645 e. The Labute approximate surface area is 140 Å². The summed E-state index contributed by atoms with van der Waals surface area (Å²) in [5.74, 6) is 0. The monoisotopic (exact) mass is 405 g/mol. The van der Waals surface area contributed by atoms with Crippen molar-refractivity contribution in [1.29, 1.82) is 0 Å². The van der Waals surface area contributed by atoms with E-state index in [2.05, 4.69) is 42.3 Å². The van der Waals surface area contributed by atoms with Crippen molar-refractivity contribution in [1.82, 2.24) is 9.78 Å². The molecule has 3 nitrogen and oxygen atoms in total. The second kappa shape index (κ2) is 6.45. The lowest BCUT2D eigenvalue weighted by Gasteiger charge is -2.07. The number of halogens is 2. The summed E-state index contributed by atoms with van der Waals surface area (Å²) in [5, 5.41) is 7.80. The Morgan fingerprint density at radius 1 is 1.05 bits per heavy atom. The molecule has 1 aromatic heterocycles. The molecule has 0 aliphatic rings. The molecule has 2 aromatic carbocycles. The van der Waals surface area contributed by atoms with Crippen LogP contribution in [0.25, 0.3) is 5.69 Å². The van der Waals surface area contributed by atoms with Crippen LogP contribution in [0.15, 0.2) is 69.9 Å². The molecule has 0 saturated heterocycles. The minimum Gasteiger partial charge on any atom is -0.380 e. The average Bonchev–Trinajstić information content (AvgIpc) is 2.98. The van der Waals surface area contributed by atoms with Crippen LogP contribution in [0, 0.1) is 0 Å². The van der Waals surface area contributed by atoms with Crippen molar-refractivity contribution >= 4 is 37.5 Å². The lowest BCUT2D eigenvalue weighted by molar-refractivity contribution is 0.880. The molecule has 3 aromatic rings. The first-order valence-electron chi connectivity index (χ1n) is 6.50. The molecule has 0 amide bonds. The number of hydrogen-bond acceptors (Lipinski definition) is 2. The van der Waals surface area contributed by atoms with Crippen LogP contribution in [0.5, 0.6) is 0 Å². The van der Waals surface area contributed by atoms with Gasteiger partial charge >= 0.3 is 0 Å². The van der Waals surface area contributed by atoms with Crippen molar-refractivity contribution < 1.29 is 0 Å². The number of anilines is 1. The Morgan fingerprint density at radius 3 is 2.67 bits per heavy atom. The molecule has 1 N–H and O–H groups in total. The van der Waals surface area contributed by atoms with Crippen molar-refractivity contribution in [3.8, 4) is 5.69 Å². The lowest BCUT2D eigenvalue weighted by atomic mass is 10.3. The Morgan fingerprint density at radius 2 is 1.86 bits per heavy atom. The van der Waals surface area contributed by atoms with E-state index < -0.39 is 0 Å². The molecule has 3 rings (SSSR count). The van der Waals surface area contributed by atoms with Gasteiger partial charge in [0.1, 0.15) is 0 Å². The molecule has 0 bridgehead atoms. The molecule has 0 atom stereocenters. The number of nitrogens with one attached hydrogen (secondary N) is 1. The van der Waals surface area contributed by atoms with E-state index in [9.17, 15) is 0 Å². The van der Waals surface area contributed by atoms with Gasteiger partial charge in [-0.05, 0) is 46.3 Å². The number of benzene rings is 2. The van der Waals surface area contributed by atoms with Gasteiger partial charge in [0.05, 0.1) is 11.9 Å². The summed E-state index contributed by atoms with van der Waals surface area (Å²) in [5.41, 5.74) is 3.25. The van der Waals surface area contributed by atoms with E-state index in [1.54, 1.807) is 0 Å². The third kappa shape index (κ3) is 3.54. The molecular formula is C16H13Br2N3. The first kappa shape index (κ1) is 14.4. The van der Waals surface area contributed by atoms with E-state index in [-0.39, 0.29) is 0 Å². The summed E-state index contributed by atoms with van der Waals surface area (Å²) in [7, 11) is 0. The Balaban J connectivity index is 1.72. The molecule has 0 spiro atoms. The van der Waals surface area contributed by atoms with Crippen LogP contribution in [0.1, 0.15) is 5.56 Å². The molecule has 0 radical (unpaired) electrons. The maximum Gasteiger partial charge on any atom is 0.0645 e. The SMILES string of the molecule is Brc1ccc(Br)c(NCc2cnn(-c3ccccc3)c2)c1. The molecule has 0 unspecified atom stereocenters. The maximum atomic E-state index is 4.39. The zero-order valence-electron chi connectivity index (χ0n) is 11.1. The number of nitrogens with zero attached hydrogens (tertiary/aromatic N) is 2. The van der Waals surface area contributed by atoms with Crippen molar-refractivity contribution in [2.45, 2.75) is 6.54 Å². The molecule has 1 heterocycles. The van der Waals surface area contributed by atoms with E-state index in [1.807, 2.05) is 65.6 Å². The van der Waals surface area contributed by atoms with Crippen LogP contribution in [-0.2, 0) is 6.54 Å². The van der Waals surface area contributed by atoms with E-state index >= 15 is 0 Å². The number of para-hydroxylation sites is 1. The fourth-order valence-electron chi connectivity index (χ4n) is 2.00. The average molecular weight is 407 g/mol. The standard InChI is InChI=1S/C16H13Br2N3/c17-13-6-7-15(18)16(8-13)19-9-12-10-20-21(11-12)14-4-2-1-3-5-14/h1-8,10-11,19H,9H2. The Kier molecular flexibility index (Phi) is 4.41. The second-order valence-corrected chi connectivity index (χ2v) is 6.38. The van der Waals surface area contributed by atoms with Crippen molar-refractivity contribution in [2.75, 3.05) is 5.32 Å². The summed E-state index contributed by atoms with van der Waals surface area (Å²) < 4.78 is 3.97. The third-order valence-corrected chi connectivity index (χ3v) is 4.25. The highest BCUT2D eigenvalue weighted by Crippen LogP contribution is 2.26. The van der Waals surface area contributed by atoms with Crippen LogP contribution < -0.4 is 5.32 Å². The molecule has 106 valence electrons. The predicted molar refractivity (Wildman–Crippen MR) is 92.7 cm³/mol. The van der Waals surface area contributed by atoms with Crippen LogP contribution >= 0.6 is 31.9 Å². The van der Waals surface area contributed by atoms with E-state index in [1.165, 1.54) is 0 Å². The fourth-order valence-corrected chi connectivity index (χ4v) is 2.75. The van der Waals surface area contributed by atoms with Gasteiger partial charge in [0, 0.05) is 32.9 Å². The zero-order valence-corrected chi connectivity index (χ0v) is 14.3. The quantitative estimate of drug-likeness (QED) is 0.659. The van der Waals surface area contributed by atoms with Gasteiger partial charge in [-0.25, -0.2) is 4.68 Å². The van der Waals surface area contributed by atoms with E-state index in [4.69, 9.17) is 0 Å². The fraction of sp³-hybridized carbons (Fsp3) is 0.0625. The highest BCUT2D eigenvalue weighted by molar-refractivity contribution is 9.11. The zero-order chi connectivity index (χ0) is 14.7. The molecule has 0 aliphatic carbocycles. The summed E-state index contributed by atoms with van der Waals surface area (Å²) in [4.78, 5) is 0. The maximum absolute atomic E-state index is 4.39. The van der Waals surface area contributed by atoms with Crippen LogP contribution in [0.2, 0.25) is 0 Å². The largest absolute Gasteiger partial charge is 0.380 e. The first-order valence-corrected chi connectivity index (χ1v) is 8.09. The molecule has 21 heavy (non-hydrogen) atoms. The Bertz CT molecular complexity index is 738. The minimum atomic E-state index is 0.724. The number of aromatic nitrogens is 2. The highest BCUT2D eigenvalue weighted by atomic mass is 79.9. The minimum absolute atomic E-state index is 0.724. The van der Waals surface area contributed by atoms with Gasteiger partial charge in [-0.1, -0.05) is 34.1 Å². The van der Waals surface area contributed by atoms with Gasteiger partial charge in [0.25, 0.3) is 0 Å². The molecule has 5 heteroatoms. The van der Waals surface area contributed by atoms with E-state index in [0.29, 0.717) is 0 Å². The van der Waals surface area contributed by atoms with Crippen LogP contribution in [-0.4, -0.2) is 9.78 Å². The van der Waals surface area contributed by atoms with Crippen LogP contribution in [0.4, 0.5) is 5.69 Å². The summed E-state index contributed by atoms with van der Waals surface area (Å²) >= 11 is 7.02. The van der Waals surface area contributed by atoms with Gasteiger partial charge in [-0.15, -0.1) is 0 Å². The van der Waals surface area contributed by atoms with Crippen LogP contribution in [0.3, 0.4) is 0 Å². The normalized spacial score (nSPS) is 10.6. The van der Waals surface area contributed by atoms with Gasteiger partial charge in [0.15, 0.2) is 0 Å².